The van der Waals surface area contributed by atoms with Gasteiger partial charge in [0.15, 0.2) is 0 Å². The molecule has 4 rings (SSSR count). The largest absolute Gasteiger partial charge is 0.497 e. The molecule has 164 valence electrons. The Bertz CT molecular complexity index is 1310. The molecule has 1 N–H and O–H groups in total. The molecule has 0 aliphatic carbocycles. The summed E-state index contributed by atoms with van der Waals surface area (Å²) in [6.45, 7) is 1.77. The Morgan fingerprint density at radius 3 is 2.52 bits per heavy atom. The first-order valence-corrected chi connectivity index (χ1v) is 11.1. The number of nitrogens with zero attached hydrogens (tertiary/aromatic N) is 3. The molecule has 2 heterocycles. The minimum Gasteiger partial charge on any atom is -0.497 e. The van der Waals surface area contributed by atoms with Crippen LogP contribution in [0.4, 0.5) is 5.88 Å². The number of methoxy groups -OCH3 is 1. The Kier molecular flexibility index (Phi) is 6.72. The van der Waals surface area contributed by atoms with Crippen LogP contribution in [0.25, 0.3) is 22.4 Å². The zero-order chi connectivity index (χ0) is 23.2. The number of nitriles is 1. The van der Waals surface area contributed by atoms with Crippen molar-refractivity contribution in [2.75, 3.05) is 18.2 Å². The quantitative estimate of drug-likeness (QED) is 0.375. The molecule has 0 spiro atoms. The highest BCUT2D eigenvalue weighted by molar-refractivity contribution is 8.00. The first-order chi connectivity index (χ1) is 16.1. The molecule has 0 saturated heterocycles. The topological polar surface area (TPSA) is 101 Å². The van der Waals surface area contributed by atoms with Gasteiger partial charge in [0.25, 0.3) is 0 Å². The number of benzene rings is 2. The van der Waals surface area contributed by atoms with E-state index in [1.807, 2.05) is 60.7 Å². The number of hydrogen-bond donors (Lipinski definition) is 1. The van der Waals surface area contributed by atoms with E-state index in [4.69, 9.17) is 14.2 Å². The van der Waals surface area contributed by atoms with Crippen LogP contribution in [-0.2, 0) is 4.79 Å². The van der Waals surface area contributed by atoms with Gasteiger partial charge in [-0.3, -0.25) is 10.1 Å². The van der Waals surface area contributed by atoms with E-state index in [0.717, 1.165) is 22.4 Å². The van der Waals surface area contributed by atoms with Gasteiger partial charge in [-0.05, 0) is 42.8 Å². The molecule has 0 atom stereocenters. The number of ether oxygens (including phenoxy) is 1. The number of aromatic nitrogens is 2. The number of amides is 1. The van der Waals surface area contributed by atoms with Crippen LogP contribution in [0.2, 0.25) is 0 Å². The van der Waals surface area contributed by atoms with Crippen molar-refractivity contribution in [2.24, 2.45) is 0 Å². The molecular weight excluding hydrogens is 436 g/mol. The van der Waals surface area contributed by atoms with Crippen LogP contribution in [-0.4, -0.2) is 28.9 Å². The third-order valence-electron chi connectivity index (χ3n) is 4.80. The fourth-order valence-electron chi connectivity index (χ4n) is 3.22. The van der Waals surface area contributed by atoms with E-state index in [9.17, 15) is 10.1 Å². The number of anilines is 1. The van der Waals surface area contributed by atoms with Gasteiger partial charge >= 0.3 is 0 Å². The normalized spacial score (nSPS) is 10.5. The van der Waals surface area contributed by atoms with Crippen LogP contribution in [0, 0.1) is 18.3 Å². The lowest BCUT2D eigenvalue weighted by atomic mass is 9.99. The molecular formula is C25H20N4O3S. The van der Waals surface area contributed by atoms with Gasteiger partial charge in [0.05, 0.1) is 29.8 Å². The Hall–Kier alpha value is -4.09. The second-order valence-electron chi connectivity index (χ2n) is 7.11. The Morgan fingerprint density at radius 1 is 1.12 bits per heavy atom. The van der Waals surface area contributed by atoms with E-state index in [1.165, 1.54) is 11.8 Å². The second kappa shape index (κ2) is 10.0. The monoisotopic (exact) mass is 456 g/mol. The highest BCUT2D eigenvalue weighted by Gasteiger charge is 2.17. The first-order valence-electron chi connectivity index (χ1n) is 10.1. The molecule has 33 heavy (non-hydrogen) atoms. The summed E-state index contributed by atoms with van der Waals surface area (Å²) in [6, 6.07) is 23.0. The van der Waals surface area contributed by atoms with E-state index in [-0.39, 0.29) is 17.5 Å². The van der Waals surface area contributed by atoms with E-state index in [2.05, 4.69) is 16.5 Å². The standard InChI is InChI=1S/C25H20N4O3S/c1-16-12-24(32-29-16)28-23(30)15-33-25-21(14-26)20(17-6-4-3-5-7-17)13-22(27-25)18-8-10-19(31-2)11-9-18/h3-13H,15H2,1-2H3,(H,28,30). The molecule has 1 amide bonds. The van der Waals surface area contributed by atoms with Crippen molar-refractivity contribution in [3.8, 4) is 34.2 Å². The number of pyridine rings is 1. The summed E-state index contributed by atoms with van der Waals surface area (Å²) in [6.07, 6.45) is 0. The number of rotatable bonds is 7. The van der Waals surface area contributed by atoms with Crippen molar-refractivity contribution >= 4 is 23.6 Å². The summed E-state index contributed by atoms with van der Waals surface area (Å²) in [5.41, 5.74) is 4.32. The Labute approximate surface area is 195 Å². The maximum atomic E-state index is 12.4. The van der Waals surface area contributed by atoms with E-state index in [0.29, 0.717) is 22.0 Å². The minimum atomic E-state index is -0.280. The Morgan fingerprint density at radius 2 is 1.88 bits per heavy atom. The van der Waals surface area contributed by atoms with Crippen molar-refractivity contribution in [1.29, 1.82) is 5.26 Å². The molecule has 0 bridgehead atoms. The third-order valence-corrected chi connectivity index (χ3v) is 5.77. The second-order valence-corrected chi connectivity index (χ2v) is 8.07. The summed E-state index contributed by atoms with van der Waals surface area (Å²) in [5.74, 6) is 0.799. The molecule has 0 saturated carbocycles. The van der Waals surface area contributed by atoms with Crippen LogP contribution in [0.15, 0.2) is 76.3 Å². The third kappa shape index (κ3) is 5.22. The molecule has 0 aliphatic rings. The molecule has 0 unspecified atom stereocenters. The number of carbonyl (C=O) groups excluding carboxylic acids is 1. The maximum absolute atomic E-state index is 12.4. The van der Waals surface area contributed by atoms with Gasteiger partial charge in [-0.15, -0.1) is 0 Å². The Balaban J connectivity index is 1.69. The van der Waals surface area contributed by atoms with Gasteiger partial charge < -0.3 is 9.26 Å². The predicted octanol–water partition coefficient (Wildman–Crippen LogP) is 5.32. The van der Waals surface area contributed by atoms with E-state index >= 15 is 0 Å². The number of hydrogen-bond acceptors (Lipinski definition) is 7. The molecule has 7 nitrogen and oxygen atoms in total. The van der Waals surface area contributed by atoms with Crippen molar-refractivity contribution < 1.29 is 14.1 Å². The highest BCUT2D eigenvalue weighted by Crippen LogP contribution is 2.34. The SMILES string of the molecule is COc1ccc(-c2cc(-c3ccccc3)c(C#N)c(SCC(=O)Nc3cc(C)no3)n2)cc1. The van der Waals surface area contributed by atoms with Gasteiger partial charge in [-0.1, -0.05) is 47.3 Å². The lowest BCUT2D eigenvalue weighted by molar-refractivity contribution is -0.113. The summed E-state index contributed by atoms with van der Waals surface area (Å²) < 4.78 is 10.3. The summed E-state index contributed by atoms with van der Waals surface area (Å²) >= 11 is 1.20. The molecule has 4 aromatic rings. The number of nitrogens with one attached hydrogen (secondary N) is 1. The lowest BCUT2D eigenvalue weighted by Crippen LogP contribution is -2.14. The molecule has 2 aromatic heterocycles. The van der Waals surface area contributed by atoms with Gasteiger partial charge in [-0.25, -0.2) is 4.98 Å². The predicted molar refractivity (Wildman–Crippen MR) is 127 cm³/mol. The number of thioether (sulfide) groups is 1. The maximum Gasteiger partial charge on any atom is 0.237 e. The summed E-state index contributed by atoms with van der Waals surface area (Å²) in [7, 11) is 1.61. The van der Waals surface area contributed by atoms with Crippen LogP contribution >= 0.6 is 11.8 Å². The van der Waals surface area contributed by atoms with Crippen molar-refractivity contribution in [2.45, 2.75) is 11.9 Å². The lowest BCUT2D eigenvalue weighted by Gasteiger charge is -2.13. The van der Waals surface area contributed by atoms with Crippen LogP contribution in [0.5, 0.6) is 5.75 Å². The highest BCUT2D eigenvalue weighted by atomic mass is 32.2. The molecule has 0 aliphatic heterocycles. The minimum absolute atomic E-state index is 0.0573. The zero-order valence-corrected chi connectivity index (χ0v) is 18.8. The van der Waals surface area contributed by atoms with Crippen molar-refractivity contribution in [3.05, 3.63) is 78.0 Å². The van der Waals surface area contributed by atoms with Crippen molar-refractivity contribution in [3.63, 3.8) is 0 Å². The van der Waals surface area contributed by atoms with Gasteiger partial charge in [-0.2, -0.15) is 5.26 Å². The molecule has 0 fully saturated rings. The van der Waals surface area contributed by atoms with Crippen LogP contribution in [0.1, 0.15) is 11.3 Å². The average Bonchev–Trinajstić information content (AvgIpc) is 3.26. The van der Waals surface area contributed by atoms with E-state index < -0.39 is 0 Å². The summed E-state index contributed by atoms with van der Waals surface area (Å²) in [5, 5.41) is 16.8. The van der Waals surface area contributed by atoms with Crippen LogP contribution in [0.3, 0.4) is 0 Å². The molecule has 0 radical (unpaired) electrons. The van der Waals surface area contributed by atoms with Crippen molar-refractivity contribution in [1.82, 2.24) is 10.1 Å². The van der Waals surface area contributed by atoms with Gasteiger partial charge in [0, 0.05) is 17.2 Å². The number of carbonyl (C=O) groups is 1. The van der Waals surface area contributed by atoms with E-state index in [1.54, 1.807) is 20.1 Å². The van der Waals surface area contributed by atoms with Crippen LogP contribution < -0.4 is 10.1 Å². The molecule has 8 heteroatoms. The summed E-state index contributed by atoms with van der Waals surface area (Å²) in [4.78, 5) is 17.2. The fraction of sp³-hybridized carbons (Fsp3) is 0.120. The van der Waals surface area contributed by atoms with Gasteiger partial charge in [0.2, 0.25) is 11.8 Å². The zero-order valence-electron chi connectivity index (χ0n) is 18.0. The molecule has 2 aromatic carbocycles. The smallest absolute Gasteiger partial charge is 0.237 e. The average molecular weight is 457 g/mol. The first kappa shape index (κ1) is 22.1. The number of aryl methyl sites for hydroxylation is 1. The van der Waals surface area contributed by atoms with Gasteiger partial charge in [0.1, 0.15) is 16.8 Å². The fourth-order valence-corrected chi connectivity index (χ4v) is 4.02.